The molecule has 0 bridgehead atoms. The lowest BCUT2D eigenvalue weighted by Crippen LogP contribution is -2.35. The minimum absolute atomic E-state index is 0.422. The Hall–Kier alpha value is -2.04. The highest BCUT2D eigenvalue weighted by Crippen LogP contribution is 2.05. The molecule has 0 aliphatic rings. The molecular weight excluding hydrogens is 270 g/mol. The van der Waals surface area contributed by atoms with E-state index < -0.39 is 24.2 Å². The summed E-state index contributed by atoms with van der Waals surface area (Å²) in [4.78, 5) is 20.8. The third-order valence-electron chi connectivity index (χ3n) is 1.72. The van der Waals surface area contributed by atoms with Crippen molar-refractivity contribution < 1.29 is 19.4 Å². The van der Waals surface area contributed by atoms with Gasteiger partial charge in [-0.15, -0.1) is 0 Å². The van der Waals surface area contributed by atoms with Gasteiger partial charge in [-0.05, 0) is 27.7 Å². The molecule has 2 N–H and O–H groups in total. The predicted octanol–water partition coefficient (Wildman–Crippen LogP) is 3.62. The molecule has 0 radical (unpaired) electrons. The number of alkyl carbamates (subject to hydrolysis) is 1. The summed E-state index contributed by atoms with van der Waals surface area (Å²) >= 11 is 0. The number of ether oxygens (including phenoxy) is 1. The first kappa shape index (κ1) is 21.3. The van der Waals surface area contributed by atoms with E-state index in [2.05, 4.69) is 24.4 Å². The summed E-state index contributed by atoms with van der Waals surface area (Å²) in [6.45, 7) is 10.8. The topological polar surface area (TPSA) is 75.6 Å². The van der Waals surface area contributed by atoms with Crippen molar-refractivity contribution in [3.05, 3.63) is 35.9 Å². The van der Waals surface area contributed by atoms with Crippen LogP contribution in [0.25, 0.3) is 0 Å². The standard InChI is InChI=1S/C7H13NO4.C7H8.C2H6/c1-7(2,3)12-6(11)8-4-5(9)10;1-7-5-3-2-4-6-7;1-2/h4H2,1-3H3,(H,8,11)(H,9,10);2-6H,1H3;1-2H3. The summed E-state index contributed by atoms with van der Waals surface area (Å²) in [6, 6.07) is 10.3. The number of carbonyl (C=O) groups excluding carboxylic acids is 1. The Labute approximate surface area is 127 Å². The summed E-state index contributed by atoms with van der Waals surface area (Å²) in [5.41, 5.74) is 0.727. The number of carbonyl (C=O) groups is 2. The lowest BCUT2D eigenvalue weighted by atomic mass is 10.2. The van der Waals surface area contributed by atoms with Crippen LogP contribution in [0, 0.1) is 6.92 Å². The molecule has 1 rings (SSSR count). The van der Waals surface area contributed by atoms with Gasteiger partial charge >= 0.3 is 12.1 Å². The number of aliphatic carboxylic acids is 1. The second kappa shape index (κ2) is 11.8. The van der Waals surface area contributed by atoms with Crippen LogP contribution in [0.1, 0.15) is 40.2 Å². The molecule has 0 saturated carbocycles. The Balaban J connectivity index is 0. The molecule has 120 valence electrons. The van der Waals surface area contributed by atoms with Crippen molar-refractivity contribution in [3.63, 3.8) is 0 Å². The number of hydrogen-bond donors (Lipinski definition) is 2. The number of benzene rings is 1. The van der Waals surface area contributed by atoms with Crippen molar-refractivity contribution in [1.82, 2.24) is 5.32 Å². The minimum Gasteiger partial charge on any atom is -0.480 e. The fraction of sp³-hybridized carbons (Fsp3) is 0.500. The first-order valence-electron chi connectivity index (χ1n) is 6.91. The summed E-state index contributed by atoms with van der Waals surface area (Å²) < 4.78 is 4.77. The average Bonchev–Trinajstić information content (AvgIpc) is 2.38. The lowest BCUT2D eigenvalue weighted by Gasteiger charge is -2.19. The van der Waals surface area contributed by atoms with Crippen molar-refractivity contribution in [2.75, 3.05) is 6.54 Å². The molecule has 0 aliphatic carbocycles. The van der Waals surface area contributed by atoms with Crippen LogP contribution < -0.4 is 5.32 Å². The quantitative estimate of drug-likeness (QED) is 0.874. The van der Waals surface area contributed by atoms with Gasteiger partial charge in [0.1, 0.15) is 12.1 Å². The summed E-state index contributed by atoms with van der Waals surface area (Å²) in [7, 11) is 0. The second-order valence-electron chi connectivity index (χ2n) is 4.90. The third kappa shape index (κ3) is 18.0. The van der Waals surface area contributed by atoms with Crippen molar-refractivity contribution in [1.29, 1.82) is 0 Å². The summed E-state index contributed by atoms with van der Waals surface area (Å²) in [5.74, 6) is -1.10. The largest absolute Gasteiger partial charge is 0.480 e. The van der Waals surface area contributed by atoms with E-state index >= 15 is 0 Å². The van der Waals surface area contributed by atoms with Gasteiger partial charge in [0.25, 0.3) is 0 Å². The molecule has 0 aromatic heterocycles. The zero-order valence-corrected chi connectivity index (χ0v) is 13.8. The molecule has 0 heterocycles. The van der Waals surface area contributed by atoms with Crippen LogP contribution in [0.4, 0.5) is 4.79 Å². The van der Waals surface area contributed by atoms with Crippen LogP contribution in [0.5, 0.6) is 0 Å². The number of carboxylic acid groups (broad SMARTS) is 1. The predicted molar refractivity (Wildman–Crippen MR) is 84.4 cm³/mol. The maximum Gasteiger partial charge on any atom is 0.408 e. The van der Waals surface area contributed by atoms with E-state index in [0.717, 1.165) is 0 Å². The van der Waals surface area contributed by atoms with Crippen molar-refractivity contribution in [2.24, 2.45) is 0 Å². The van der Waals surface area contributed by atoms with E-state index in [1.165, 1.54) is 5.56 Å². The van der Waals surface area contributed by atoms with Crippen LogP contribution in [-0.2, 0) is 9.53 Å². The van der Waals surface area contributed by atoms with Gasteiger partial charge in [-0.2, -0.15) is 0 Å². The zero-order valence-electron chi connectivity index (χ0n) is 13.8. The molecule has 0 saturated heterocycles. The zero-order chi connectivity index (χ0) is 16.9. The van der Waals surface area contributed by atoms with Gasteiger partial charge in [0.2, 0.25) is 0 Å². The SMILES string of the molecule is CC.CC(C)(C)OC(=O)NCC(=O)O.Cc1ccccc1. The maximum absolute atomic E-state index is 10.8. The highest BCUT2D eigenvalue weighted by atomic mass is 16.6. The summed E-state index contributed by atoms with van der Waals surface area (Å²) in [5, 5.41) is 10.3. The van der Waals surface area contributed by atoms with Crippen LogP contribution >= 0.6 is 0 Å². The van der Waals surface area contributed by atoms with Crippen molar-refractivity contribution in [2.45, 2.75) is 47.1 Å². The van der Waals surface area contributed by atoms with Crippen LogP contribution in [-0.4, -0.2) is 29.3 Å². The minimum atomic E-state index is -1.10. The van der Waals surface area contributed by atoms with E-state index in [9.17, 15) is 9.59 Å². The fourth-order valence-electron chi connectivity index (χ4n) is 0.996. The normalized spacial score (nSPS) is 9.24. The van der Waals surface area contributed by atoms with E-state index in [4.69, 9.17) is 9.84 Å². The Bertz CT molecular complexity index is 396. The molecule has 0 unspecified atom stereocenters. The monoisotopic (exact) mass is 297 g/mol. The van der Waals surface area contributed by atoms with E-state index in [-0.39, 0.29) is 0 Å². The number of carboxylic acids is 1. The summed E-state index contributed by atoms with van der Waals surface area (Å²) in [6.07, 6.45) is -0.718. The van der Waals surface area contributed by atoms with Crippen LogP contribution in [0.3, 0.4) is 0 Å². The lowest BCUT2D eigenvalue weighted by molar-refractivity contribution is -0.136. The van der Waals surface area contributed by atoms with Gasteiger partial charge < -0.3 is 15.2 Å². The highest BCUT2D eigenvalue weighted by Gasteiger charge is 2.15. The molecule has 5 nitrogen and oxygen atoms in total. The molecular formula is C16H27NO4. The number of nitrogens with one attached hydrogen (secondary N) is 1. The molecule has 1 aromatic rings. The smallest absolute Gasteiger partial charge is 0.408 e. The molecule has 1 aromatic carbocycles. The first-order valence-corrected chi connectivity index (χ1v) is 6.91. The van der Waals surface area contributed by atoms with E-state index in [1.807, 2.05) is 32.0 Å². The fourth-order valence-corrected chi connectivity index (χ4v) is 0.996. The molecule has 0 aliphatic heterocycles. The molecule has 5 heteroatoms. The van der Waals surface area contributed by atoms with Crippen LogP contribution in [0.15, 0.2) is 30.3 Å². The Morgan fingerprint density at radius 2 is 1.62 bits per heavy atom. The van der Waals surface area contributed by atoms with E-state index in [0.29, 0.717) is 0 Å². The van der Waals surface area contributed by atoms with Gasteiger partial charge in [0.15, 0.2) is 0 Å². The molecule has 0 atom stereocenters. The molecule has 21 heavy (non-hydrogen) atoms. The van der Waals surface area contributed by atoms with Gasteiger partial charge in [-0.25, -0.2) is 4.79 Å². The first-order chi connectivity index (χ1) is 9.70. The van der Waals surface area contributed by atoms with Gasteiger partial charge in [0, 0.05) is 0 Å². The van der Waals surface area contributed by atoms with Gasteiger partial charge in [-0.3, -0.25) is 4.79 Å². The third-order valence-corrected chi connectivity index (χ3v) is 1.72. The number of amides is 1. The van der Waals surface area contributed by atoms with Gasteiger partial charge in [0.05, 0.1) is 0 Å². The maximum atomic E-state index is 10.8. The molecule has 1 amide bonds. The second-order valence-corrected chi connectivity index (χ2v) is 4.90. The molecule has 0 spiro atoms. The van der Waals surface area contributed by atoms with E-state index in [1.54, 1.807) is 20.8 Å². The Morgan fingerprint density at radius 3 is 1.90 bits per heavy atom. The highest BCUT2D eigenvalue weighted by molar-refractivity contribution is 5.76. The van der Waals surface area contributed by atoms with Gasteiger partial charge in [-0.1, -0.05) is 49.7 Å². The van der Waals surface area contributed by atoms with Crippen molar-refractivity contribution in [3.8, 4) is 0 Å². The number of aryl methyl sites for hydroxylation is 1. The van der Waals surface area contributed by atoms with Crippen LogP contribution in [0.2, 0.25) is 0 Å². The Morgan fingerprint density at radius 1 is 1.14 bits per heavy atom. The number of rotatable bonds is 2. The Kier molecular flexibility index (Phi) is 11.9. The average molecular weight is 297 g/mol. The van der Waals surface area contributed by atoms with Crippen molar-refractivity contribution >= 4 is 12.1 Å². The number of hydrogen-bond acceptors (Lipinski definition) is 3. The molecule has 0 fully saturated rings.